The van der Waals surface area contributed by atoms with Crippen molar-refractivity contribution in [3.63, 3.8) is 0 Å². The van der Waals surface area contributed by atoms with E-state index in [1.165, 1.54) is 0 Å². The highest BCUT2D eigenvalue weighted by molar-refractivity contribution is 5.96. The summed E-state index contributed by atoms with van der Waals surface area (Å²) in [6.07, 6.45) is 7.81. The van der Waals surface area contributed by atoms with Crippen molar-refractivity contribution in [2.45, 2.75) is 59.4 Å². The van der Waals surface area contributed by atoms with E-state index in [1.807, 2.05) is 39.8 Å². The van der Waals surface area contributed by atoms with Crippen LogP contribution in [-0.4, -0.2) is 56.3 Å². The van der Waals surface area contributed by atoms with Gasteiger partial charge in [0, 0.05) is 37.7 Å². The Labute approximate surface area is 153 Å². The second kappa shape index (κ2) is 13.0. The predicted octanol–water partition coefficient (Wildman–Crippen LogP) is 3.27. The van der Waals surface area contributed by atoms with Gasteiger partial charge in [-0.05, 0) is 39.2 Å². The molecule has 0 atom stereocenters. The summed E-state index contributed by atoms with van der Waals surface area (Å²) in [6.45, 7) is 13.4. The fourth-order valence-electron chi connectivity index (χ4n) is 2.77. The van der Waals surface area contributed by atoms with Crippen molar-refractivity contribution >= 4 is 5.91 Å². The highest BCUT2D eigenvalue weighted by Gasteiger charge is 2.13. The second-order valence-electron chi connectivity index (χ2n) is 6.45. The van der Waals surface area contributed by atoms with Gasteiger partial charge in [-0.2, -0.15) is 0 Å². The first-order valence-electron chi connectivity index (χ1n) is 9.79. The summed E-state index contributed by atoms with van der Waals surface area (Å²) < 4.78 is 11.3. The Hall–Kier alpha value is -1.33. The average Bonchev–Trinajstić information content (AvgIpc) is 2.87. The molecule has 0 aromatic carbocycles. The number of carbonyl (C=O) groups is 1. The Morgan fingerprint density at radius 3 is 2.72 bits per heavy atom. The molecular weight excluding hydrogens is 316 g/mol. The van der Waals surface area contributed by atoms with Gasteiger partial charge in [-0.15, -0.1) is 0 Å². The first-order valence-corrected chi connectivity index (χ1v) is 9.79. The molecule has 2 rings (SSSR count). The molecule has 1 saturated heterocycles. The molecule has 5 heteroatoms. The van der Waals surface area contributed by atoms with Crippen LogP contribution < -0.4 is 5.32 Å². The van der Waals surface area contributed by atoms with Crippen LogP contribution in [0.25, 0.3) is 0 Å². The van der Waals surface area contributed by atoms with Crippen LogP contribution >= 0.6 is 0 Å². The fraction of sp³-hybridized carbons (Fsp3) is 0.750. The standard InChI is InChI=1S/C18H30N2O3.C2H6/c1-15(2)19-18(21)16-6-3-4-7-17(14-16)23-11-5-8-20-9-12-22-13-10-20;1-2/h6,14-15H,3-5,7-13H2,1-2H3,(H,19,21);1-2H3. The van der Waals surface area contributed by atoms with E-state index in [2.05, 4.69) is 10.2 Å². The van der Waals surface area contributed by atoms with Crippen LogP contribution in [0.15, 0.2) is 23.5 Å². The summed E-state index contributed by atoms with van der Waals surface area (Å²) in [4.78, 5) is 14.6. The number of hydrogen-bond donors (Lipinski definition) is 1. The number of carbonyl (C=O) groups excluding carboxylic acids is 1. The maximum Gasteiger partial charge on any atom is 0.251 e. The molecule has 2 aliphatic rings. The van der Waals surface area contributed by atoms with Crippen LogP contribution in [-0.2, 0) is 14.3 Å². The van der Waals surface area contributed by atoms with Gasteiger partial charge in [0.1, 0.15) is 0 Å². The van der Waals surface area contributed by atoms with E-state index in [1.54, 1.807) is 0 Å². The van der Waals surface area contributed by atoms with E-state index in [0.717, 1.165) is 69.9 Å². The fourth-order valence-corrected chi connectivity index (χ4v) is 2.77. The maximum atomic E-state index is 12.1. The number of allylic oxidation sites excluding steroid dienone is 2. The minimum absolute atomic E-state index is 0.00341. The lowest BCUT2D eigenvalue weighted by Gasteiger charge is -2.26. The Morgan fingerprint density at radius 2 is 2.04 bits per heavy atom. The van der Waals surface area contributed by atoms with Crippen molar-refractivity contribution in [3.05, 3.63) is 23.5 Å². The van der Waals surface area contributed by atoms with Crippen LogP contribution in [0.2, 0.25) is 0 Å². The zero-order valence-corrected chi connectivity index (χ0v) is 16.5. The van der Waals surface area contributed by atoms with E-state index < -0.39 is 0 Å². The third-order valence-corrected chi connectivity index (χ3v) is 4.00. The summed E-state index contributed by atoms with van der Waals surface area (Å²) in [5, 5.41) is 2.95. The molecule has 144 valence electrons. The Kier molecular flexibility index (Phi) is 11.2. The summed E-state index contributed by atoms with van der Waals surface area (Å²) in [6, 6.07) is 0.151. The lowest BCUT2D eigenvalue weighted by atomic mass is 10.2. The zero-order chi connectivity index (χ0) is 18.5. The third kappa shape index (κ3) is 9.07. The average molecular weight is 353 g/mol. The lowest BCUT2D eigenvalue weighted by Crippen LogP contribution is -2.37. The minimum atomic E-state index is -0.00341. The van der Waals surface area contributed by atoms with Crippen LogP contribution in [0.5, 0.6) is 0 Å². The molecule has 0 aromatic rings. The van der Waals surface area contributed by atoms with Gasteiger partial charge in [-0.25, -0.2) is 0 Å². The number of nitrogens with one attached hydrogen (secondary N) is 1. The van der Waals surface area contributed by atoms with Gasteiger partial charge < -0.3 is 14.8 Å². The molecule has 1 heterocycles. The first kappa shape index (κ1) is 21.7. The van der Waals surface area contributed by atoms with Crippen LogP contribution in [0.3, 0.4) is 0 Å². The summed E-state index contributed by atoms with van der Waals surface area (Å²) in [7, 11) is 0. The molecule has 0 spiro atoms. The maximum absolute atomic E-state index is 12.1. The molecule has 0 aromatic heterocycles. The third-order valence-electron chi connectivity index (χ3n) is 4.00. The topological polar surface area (TPSA) is 50.8 Å². The van der Waals surface area contributed by atoms with E-state index in [-0.39, 0.29) is 11.9 Å². The first-order chi connectivity index (χ1) is 12.1. The van der Waals surface area contributed by atoms with Gasteiger partial charge in [-0.3, -0.25) is 9.69 Å². The number of nitrogens with zero attached hydrogens (tertiary/aromatic N) is 1. The number of amides is 1. The molecule has 0 saturated carbocycles. The Morgan fingerprint density at radius 1 is 1.32 bits per heavy atom. The monoisotopic (exact) mass is 352 g/mol. The highest BCUT2D eigenvalue weighted by Crippen LogP contribution is 2.18. The SMILES string of the molecule is CC.CC(C)NC(=O)C1=CCCCC(OCCCN2CCOCC2)=C1. The number of rotatable bonds is 7. The summed E-state index contributed by atoms with van der Waals surface area (Å²) in [5.74, 6) is 0.936. The van der Waals surface area contributed by atoms with Crippen molar-refractivity contribution in [2.75, 3.05) is 39.5 Å². The van der Waals surface area contributed by atoms with Gasteiger partial charge >= 0.3 is 0 Å². The Balaban J connectivity index is 0.00000151. The van der Waals surface area contributed by atoms with E-state index >= 15 is 0 Å². The summed E-state index contributed by atoms with van der Waals surface area (Å²) >= 11 is 0. The molecule has 1 aliphatic carbocycles. The summed E-state index contributed by atoms with van der Waals surface area (Å²) in [5.41, 5.74) is 0.736. The minimum Gasteiger partial charge on any atom is -0.498 e. The largest absolute Gasteiger partial charge is 0.498 e. The molecule has 25 heavy (non-hydrogen) atoms. The van der Waals surface area contributed by atoms with Gasteiger partial charge in [0.2, 0.25) is 0 Å². The van der Waals surface area contributed by atoms with Gasteiger partial charge in [-0.1, -0.05) is 19.9 Å². The molecule has 1 amide bonds. The van der Waals surface area contributed by atoms with E-state index in [4.69, 9.17) is 9.47 Å². The van der Waals surface area contributed by atoms with Gasteiger partial charge in [0.25, 0.3) is 5.91 Å². The predicted molar refractivity (Wildman–Crippen MR) is 102 cm³/mol. The van der Waals surface area contributed by atoms with Gasteiger partial charge in [0.05, 0.1) is 25.6 Å². The van der Waals surface area contributed by atoms with Crippen molar-refractivity contribution in [1.29, 1.82) is 0 Å². The highest BCUT2D eigenvalue weighted by atomic mass is 16.5. The van der Waals surface area contributed by atoms with Crippen LogP contribution in [0.1, 0.15) is 53.4 Å². The molecular formula is C20H36N2O3. The normalized spacial score (nSPS) is 18.4. The molecule has 0 unspecified atom stereocenters. The molecule has 0 bridgehead atoms. The quantitative estimate of drug-likeness (QED) is 0.715. The molecule has 1 aliphatic heterocycles. The smallest absolute Gasteiger partial charge is 0.251 e. The molecule has 1 N–H and O–H groups in total. The zero-order valence-electron chi connectivity index (χ0n) is 16.5. The van der Waals surface area contributed by atoms with Crippen molar-refractivity contribution in [2.24, 2.45) is 0 Å². The number of morpholine rings is 1. The molecule has 0 radical (unpaired) electrons. The van der Waals surface area contributed by atoms with Crippen LogP contribution in [0.4, 0.5) is 0 Å². The Bertz CT molecular complexity index is 438. The number of ether oxygens (including phenoxy) is 2. The lowest BCUT2D eigenvalue weighted by molar-refractivity contribution is -0.117. The van der Waals surface area contributed by atoms with Crippen molar-refractivity contribution < 1.29 is 14.3 Å². The van der Waals surface area contributed by atoms with E-state index in [9.17, 15) is 4.79 Å². The van der Waals surface area contributed by atoms with Gasteiger partial charge in [0.15, 0.2) is 0 Å². The van der Waals surface area contributed by atoms with Crippen molar-refractivity contribution in [3.8, 4) is 0 Å². The number of hydrogen-bond acceptors (Lipinski definition) is 4. The van der Waals surface area contributed by atoms with E-state index in [0.29, 0.717) is 6.61 Å². The van der Waals surface area contributed by atoms with Crippen molar-refractivity contribution in [1.82, 2.24) is 10.2 Å². The second-order valence-corrected chi connectivity index (χ2v) is 6.45. The molecule has 1 fully saturated rings. The van der Waals surface area contributed by atoms with Crippen LogP contribution in [0, 0.1) is 0 Å². The molecule has 5 nitrogen and oxygen atoms in total.